The van der Waals surface area contributed by atoms with Crippen LogP contribution in [0.2, 0.25) is 5.15 Å². The zero-order valence-electron chi connectivity index (χ0n) is 20.3. The standard InChI is InChI=1S/C25H33ClFN5O2/c1-16(2)14-32-23(33)25(28-24(32)34,13-18-6-5-7-20(27)12-18)19-8-10-31(11-9-19)15-21-17(3)29-30(4)22(21)26/h5-7,12,16,19H,8-11,13-15H2,1-4H3,(H,28,34)/t25-/m1/s1. The maximum atomic E-state index is 13.9. The van der Waals surface area contributed by atoms with Crippen LogP contribution in [0.25, 0.3) is 0 Å². The maximum Gasteiger partial charge on any atom is 0.325 e. The molecule has 2 fully saturated rings. The van der Waals surface area contributed by atoms with Crippen LogP contribution in [-0.4, -0.2) is 56.7 Å². The largest absolute Gasteiger partial charge is 0.325 e. The molecule has 2 aromatic rings. The first-order valence-corrected chi connectivity index (χ1v) is 12.3. The van der Waals surface area contributed by atoms with Gasteiger partial charge in [-0.05, 0) is 62.4 Å². The van der Waals surface area contributed by atoms with E-state index in [1.165, 1.54) is 17.0 Å². The minimum absolute atomic E-state index is 0.0499. The molecule has 0 unspecified atom stereocenters. The Kier molecular flexibility index (Phi) is 7.01. The third-order valence-electron chi connectivity index (χ3n) is 7.06. The molecule has 2 aliphatic rings. The molecule has 7 nitrogen and oxygen atoms in total. The Morgan fingerprint density at radius 2 is 1.97 bits per heavy atom. The van der Waals surface area contributed by atoms with Gasteiger partial charge in [-0.2, -0.15) is 5.10 Å². The predicted molar refractivity (Wildman–Crippen MR) is 129 cm³/mol. The number of aryl methyl sites for hydroxylation is 2. The van der Waals surface area contributed by atoms with Crippen LogP contribution in [0.4, 0.5) is 9.18 Å². The van der Waals surface area contributed by atoms with Crippen molar-refractivity contribution in [3.8, 4) is 0 Å². The van der Waals surface area contributed by atoms with Gasteiger partial charge in [-0.3, -0.25) is 19.3 Å². The zero-order valence-corrected chi connectivity index (χ0v) is 21.0. The fraction of sp³-hybridized carbons (Fsp3) is 0.560. The number of carbonyl (C=O) groups excluding carboxylic acids is 2. The second-order valence-electron chi connectivity index (χ2n) is 10.0. The zero-order chi connectivity index (χ0) is 24.6. The highest BCUT2D eigenvalue weighted by atomic mass is 35.5. The molecule has 1 aromatic heterocycles. The number of likely N-dealkylation sites (tertiary alicyclic amines) is 1. The molecule has 3 heterocycles. The summed E-state index contributed by atoms with van der Waals surface area (Å²) in [7, 11) is 1.83. The van der Waals surface area contributed by atoms with Crippen molar-refractivity contribution in [3.05, 3.63) is 52.1 Å². The number of rotatable bonds is 7. The normalized spacial score (nSPS) is 22.1. The number of urea groups is 1. The second-order valence-corrected chi connectivity index (χ2v) is 10.4. The van der Waals surface area contributed by atoms with Gasteiger partial charge in [0.05, 0.1) is 5.69 Å². The summed E-state index contributed by atoms with van der Waals surface area (Å²) in [6, 6.07) is 5.95. The van der Waals surface area contributed by atoms with Crippen LogP contribution in [0.5, 0.6) is 0 Å². The predicted octanol–water partition coefficient (Wildman–Crippen LogP) is 3.92. The molecule has 0 bridgehead atoms. The van der Waals surface area contributed by atoms with Crippen molar-refractivity contribution in [1.82, 2.24) is 24.9 Å². The minimum Gasteiger partial charge on any atom is -0.322 e. The number of imide groups is 1. The van der Waals surface area contributed by atoms with E-state index in [0.29, 0.717) is 23.8 Å². The molecule has 184 valence electrons. The van der Waals surface area contributed by atoms with Crippen LogP contribution in [0.3, 0.4) is 0 Å². The van der Waals surface area contributed by atoms with Gasteiger partial charge < -0.3 is 5.32 Å². The van der Waals surface area contributed by atoms with Gasteiger partial charge in [-0.1, -0.05) is 37.6 Å². The van der Waals surface area contributed by atoms with Gasteiger partial charge in [0.1, 0.15) is 16.5 Å². The number of piperidine rings is 1. The molecule has 34 heavy (non-hydrogen) atoms. The number of nitrogens with one attached hydrogen (secondary N) is 1. The van der Waals surface area contributed by atoms with E-state index in [0.717, 1.165) is 37.2 Å². The van der Waals surface area contributed by atoms with Gasteiger partial charge in [0.2, 0.25) is 0 Å². The van der Waals surface area contributed by atoms with Crippen molar-refractivity contribution in [2.24, 2.45) is 18.9 Å². The SMILES string of the molecule is Cc1nn(C)c(Cl)c1CN1CCC([C@@]2(Cc3cccc(F)c3)NC(=O)N(CC(C)C)C2=O)CC1. The van der Waals surface area contributed by atoms with E-state index in [9.17, 15) is 14.0 Å². The Bertz CT molecular complexity index is 1080. The third kappa shape index (κ3) is 4.70. The number of carbonyl (C=O) groups is 2. The molecule has 1 aromatic carbocycles. The van der Waals surface area contributed by atoms with Gasteiger partial charge >= 0.3 is 6.03 Å². The lowest BCUT2D eigenvalue weighted by Crippen LogP contribution is -2.57. The highest BCUT2D eigenvalue weighted by Gasteiger charge is 2.55. The monoisotopic (exact) mass is 489 g/mol. The number of benzene rings is 1. The average molecular weight is 490 g/mol. The van der Waals surface area contributed by atoms with Crippen molar-refractivity contribution >= 4 is 23.5 Å². The van der Waals surface area contributed by atoms with Gasteiger partial charge in [0.15, 0.2) is 0 Å². The van der Waals surface area contributed by atoms with E-state index >= 15 is 0 Å². The Morgan fingerprint density at radius 3 is 2.56 bits per heavy atom. The third-order valence-corrected chi connectivity index (χ3v) is 7.53. The topological polar surface area (TPSA) is 70.5 Å². The molecular formula is C25H33ClFN5O2. The van der Waals surface area contributed by atoms with E-state index < -0.39 is 5.54 Å². The van der Waals surface area contributed by atoms with Crippen LogP contribution in [0, 0.1) is 24.6 Å². The molecule has 4 rings (SSSR count). The van der Waals surface area contributed by atoms with E-state index in [1.54, 1.807) is 10.7 Å². The quantitative estimate of drug-likeness (QED) is 0.598. The molecule has 0 spiro atoms. The summed E-state index contributed by atoms with van der Waals surface area (Å²) < 4.78 is 15.6. The van der Waals surface area contributed by atoms with Crippen molar-refractivity contribution in [2.45, 2.75) is 52.1 Å². The Labute approximate surface area is 205 Å². The number of amides is 3. The van der Waals surface area contributed by atoms with Crippen molar-refractivity contribution in [2.75, 3.05) is 19.6 Å². The van der Waals surface area contributed by atoms with Gasteiger partial charge in [-0.15, -0.1) is 0 Å². The van der Waals surface area contributed by atoms with Crippen molar-refractivity contribution < 1.29 is 14.0 Å². The highest BCUT2D eigenvalue weighted by Crippen LogP contribution is 2.37. The molecule has 0 radical (unpaired) electrons. The van der Waals surface area contributed by atoms with E-state index in [-0.39, 0.29) is 36.0 Å². The summed E-state index contributed by atoms with van der Waals surface area (Å²) in [6.45, 7) is 8.53. The van der Waals surface area contributed by atoms with Crippen molar-refractivity contribution in [3.63, 3.8) is 0 Å². The van der Waals surface area contributed by atoms with Crippen LogP contribution in [0.1, 0.15) is 43.5 Å². The molecule has 0 saturated carbocycles. The first kappa shape index (κ1) is 24.7. The Balaban J connectivity index is 1.55. The molecule has 2 aliphatic heterocycles. The molecule has 0 aliphatic carbocycles. The lowest BCUT2D eigenvalue weighted by Gasteiger charge is -2.41. The number of hydrogen-bond acceptors (Lipinski definition) is 4. The minimum atomic E-state index is -1.06. The fourth-order valence-electron chi connectivity index (χ4n) is 5.35. The highest BCUT2D eigenvalue weighted by molar-refractivity contribution is 6.30. The lowest BCUT2D eigenvalue weighted by atomic mass is 9.73. The summed E-state index contributed by atoms with van der Waals surface area (Å²) in [5, 5.41) is 8.10. The van der Waals surface area contributed by atoms with Crippen LogP contribution in [0.15, 0.2) is 24.3 Å². The smallest absolute Gasteiger partial charge is 0.322 e. The second kappa shape index (κ2) is 9.66. The van der Waals surface area contributed by atoms with Crippen LogP contribution < -0.4 is 5.32 Å². The lowest BCUT2D eigenvalue weighted by molar-refractivity contribution is -0.134. The summed E-state index contributed by atoms with van der Waals surface area (Å²) in [4.78, 5) is 30.3. The average Bonchev–Trinajstić information content (AvgIpc) is 3.16. The molecule has 2 saturated heterocycles. The summed E-state index contributed by atoms with van der Waals surface area (Å²) in [5.41, 5.74) is 1.58. The van der Waals surface area contributed by atoms with Gasteiger partial charge in [0.25, 0.3) is 5.91 Å². The van der Waals surface area contributed by atoms with Crippen LogP contribution in [-0.2, 0) is 24.8 Å². The van der Waals surface area contributed by atoms with E-state index in [1.807, 2.05) is 33.9 Å². The number of halogens is 2. The van der Waals surface area contributed by atoms with E-state index in [2.05, 4.69) is 15.3 Å². The molecule has 1 N–H and O–H groups in total. The number of hydrogen-bond donors (Lipinski definition) is 1. The summed E-state index contributed by atoms with van der Waals surface area (Å²) >= 11 is 6.43. The van der Waals surface area contributed by atoms with Crippen molar-refractivity contribution in [1.29, 1.82) is 0 Å². The summed E-state index contributed by atoms with van der Waals surface area (Å²) in [5.74, 6) is -0.429. The number of nitrogens with zero attached hydrogens (tertiary/aromatic N) is 4. The van der Waals surface area contributed by atoms with Gasteiger partial charge in [-0.25, -0.2) is 9.18 Å². The Hall–Kier alpha value is -2.45. The molecule has 3 amide bonds. The van der Waals surface area contributed by atoms with E-state index in [4.69, 9.17) is 11.6 Å². The first-order valence-electron chi connectivity index (χ1n) is 11.9. The van der Waals surface area contributed by atoms with Gasteiger partial charge in [0, 0.05) is 32.1 Å². The first-order chi connectivity index (χ1) is 16.1. The Morgan fingerprint density at radius 1 is 1.26 bits per heavy atom. The molecular weight excluding hydrogens is 457 g/mol. The molecule has 9 heteroatoms. The fourth-order valence-corrected chi connectivity index (χ4v) is 5.58. The van der Waals surface area contributed by atoms with Crippen LogP contribution >= 0.6 is 11.6 Å². The molecule has 1 atom stereocenters. The number of aromatic nitrogens is 2. The maximum absolute atomic E-state index is 13.9. The summed E-state index contributed by atoms with van der Waals surface area (Å²) in [6.07, 6.45) is 1.77.